The molecule has 1 atom stereocenters. The number of amides is 1. The van der Waals surface area contributed by atoms with Gasteiger partial charge < -0.3 is 17.2 Å². The minimum atomic E-state index is -0.662. The number of nitrogens with zero attached hydrogens (tertiary/aromatic N) is 1. The Hall–Kier alpha value is -1.52. The Morgan fingerprint density at radius 3 is 2.07 bits per heavy atom. The molecule has 80 valence electrons. The van der Waals surface area contributed by atoms with Gasteiger partial charge in [-0.25, -0.2) is 0 Å². The van der Waals surface area contributed by atoms with E-state index < -0.39 is 5.91 Å². The van der Waals surface area contributed by atoms with E-state index >= 15 is 0 Å². The van der Waals surface area contributed by atoms with Crippen molar-refractivity contribution < 1.29 is 4.79 Å². The fourth-order valence-electron chi connectivity index (χ4n) is 0.732. The van der Waals surface area contributed by atoms with Gasteiger partial charge in [-0.3, -0.25) is 9.79 Å². The molecule has 5 heteroatoms. The Morgan fingerprint density at radius 2 is 1.79 bits per heavy atom. The molecule has 0 aromatic heterocycles. The molecular formula is C9H18N4O. The summed E-state index contributed by atoms with van der Waals surface area (Å²) in [5.41, 5.74) is 15.9. The zero-order chi connectivity index (χ0) is 11.3. The summed E-state index contributed by atoms with van der Waals surface area (Å²) in [7, 11) is 0. The van der Waals surface area contributed by atoms with Crippen molar-refractivity contribution in [2.75, 3.05) is 0 Å². The first kappa shape index (κ1) is 12.5. The van der Waals surface area contributed by atoms with Gasteiger partial charge in [-0.1, -0.05) is 13.8 Å². The number of aliphatic imine (C=N–C) groups is 1. The molecule has 0 heterocycles. The van der Waals surface area contributed by atoms with Gasteiger partial charge in [-0.05, 0) is 12.8 Å². The topological polar surface area (TPSA) is 107 Å². The predicted molar refractivity (Wildman–Crippen MR) is 57.4 cm³/mol. The van der Waals surface area contributed by atoms with Crippen molar-refractivity contribution in [2.45, 2.75) is 26.8 Å². The molecule has 0 aliphatic heterocycles. The van der Waals surface area contributed by atoms with Crippen molar-refractivity contribution in [3.63, 3.8) is 0 Å². The molecule has 0 aromatic carbocycles. The van der Waals surface area contributed by atoms with Crippen molar-refractivity contribution in [3.8, 4) is 0 Å². The van der Waals surface area contributed by atoms with E-state index in [-0.39, 0.29) is 17.5 Å². The molecule has 0 fully saturated rings. The van der Waals surface area contributed by atoms with Crippen LogP contribution in [0.2, 0.25) is 0 Å². The normalized spacial score (nSPS) is 15.7. The molecule has 0 unspecified atom stereocenters. The van der Waals surface area contributed by atoms with Gasteiger partial charge in [0, 0.05) is 6.20 Å². The van der Waals surface area contributed by atoms with Gasteiger partial charge in [0.2, 0.25) is 0 Å². The van der Waals surface area contributed by atoms with Crippen LogP contribution in [-0.4, -0.2) is 17.8 Å². The van der Waals surface area contributed by atoms with Crippen LogP contribution in [0.25, 0.3) is 0 Å². The molecule has 5 nitrogen and oxygen atoms in total. The van der Waals surface area contributed by atoms with Crippen molar-refractivity contribution in [1.82, 2.24) is 0 Å². The molecule has 0 aliphatic carbocycles. The number of hydrogen-bond acceptors (Lipinski definition) is 3. The second-order valence-corrected chi connectivity index (χ2v) is 3.44. The largest absolute Gasteiger partial charge is 0.404 e. The Kier molecular flexibility index (Phi) is 4.69. The maximum Gasteiger partial charge on any atom is 0.253 e. The number of hydrogen-bond donors (Lipinski definition) is 3. The average Bonchev–Trinajstić information content (AvgIpc) is 2.04. The van der Waals surface area contributed by atoms with E-state index in [1.165, 1.54) is 0 Å². The highest BCUT2D eigenvalue weighted by Crippen LogP contribution is 2.06. The van der Waals surface area contributed by atoms with Crippen LogP contribution in [0.4, 0.5) is 0 Å². The third-order valence-corrected chi connectivity index (χ3v) is 2.02. The van der Waals surface area contributed by atoms with Crippen LogP contribution < -0.4 is 17.2 Å². The lowest BCUT2D eigenvalue weighted by molar-refractivity contribution is -0.114. The number of amidine groups is 1. The molecule has 0 saturated carbocycles. The van der Waals surface area contributed by atoms with Crippen molar-refractivity contribution in [1.29, 1.82) is 0 Å². The van der Waals surface area contributed by atoms with E-state index in [4.69, 9.17) is 17.2 Å². The molecular weight excluding hydrogens is 180 g/mol. The van der Waals surface area contributed by atoms with Gasteiger partial charge in [0.25, 0.3) is 5.91 Å². The molecule has 6 N–H and O–H groups in total. The van der Waals surface area contributed by atoms with Crippen LogP contribution >= 0.6 is 0 Å². The number of rotatable bonds is 4. The van der Waals surface area contributed by atoms with Crippen molar-refractivity contribution >= 4 is 11.7 Å². The number of carbonyl (C=O) groups excluding carboxylic acids is 1. The molecule has 0 rings (SSSR count). The third-order valence-electron chi connectivity index (χ3n) is 2.02. The van der Waals surface area contributed by atoms with E-state index in [1.54, 1.807) is 0 Å². The fourth-order valence-corrected chi connectivity index (χ4v) is 0.732. The summed E-state index contributed by atoms with van der Waals surface area (Å²) in [6.07, 6.45) is 1.08. The predicted octanol–water partition coefficient (Wildman–Crippen LogP) is -0.284. The van der Waals surface area contributed by atoms with Gasteiger partial charge in [0.05, 0.1) is 11.6 Å². The zero-order valence-corrected chi connectivity index (χ0v) is 8.82. The summed E-state index contributed by atoms with van der Waals surface area (Å²) < 4.78 is 0. The molecule has 0 aromatic rings. The molecule has 0 radical (unpaired) electrons. The Morgan fingerprint density at radius 1 is 1.29 bits per heavy atom. The summed E-state index contributed by atoms with van der Waals surface area (Å²) in [4.78, 5) is 15.0. The highest BCUT2D eigenvalue weighted by atomic mass is 16.1. The third kappa shape index (κ3) is 3.47. The number of carbonyl (C=O) groups is 1. The average molecular weight is 198 g/mol. The van der Waals surface area contributed by atoms with Gasteiger partial charge in [0.1, 0.15) is 5.84 Å². The maximum atomic E-state index is 10.8. The maximum absolute atomic E-state index is 10.8. The van der Waals surface area contributed by atoms with Gasteiger partial charge in [-0.15, -0.1) is 0 Å². The fraction of sp³-hybridized carbons (Fsp3) is 0.556. The molecule has 0 saturated heterocycles. The Balaban J connectivity index is 4.75. The smallest absolute Gasteiger partial charge is 0.253 e. The summed E-state index contributed by atoms with van der Waals surface area (Å²) in [6, 6.07) is 0.0318. The minimum Gasteiger partial charge on any atom is -0.404 e. The summed E-state index contributed by atoms with van der Waals surface area (Å²) in [5, 5.41) is 0. The second kappa shape index (κ2) is 5.26. The Labute approximate surface area is 84.0 Å². The van der Waals surface area contributed by atoms with Crippen LogP contribution in [0.5, 0.6) is 0 Å². The van der Waals surface area contributed by atoms with Crippen LogP contribution in [0.15, 0.2) is 16.8 Å². The molecule has 14 heavy (non-hydrogen) atoms. The summed E-state index contributed by atoms with van der Waals surface area (Å²) in [6.45, 7) is 5.93. The van der Waals surface area contributed by atoms with E-state index in [0.29, 0.717) is 5.92 Å². The molecule has 0 aliphatic rings. The van der Waals surface area contributed by atoms with Crippen LogP contribution in [-0.2, 0) is 4.79 Å². The molecule has 0 spiro atoms. The summed E-state index contributed by atoms with van der Waals surface area (Å²) >= 11 is 0. The Bertz CT molecular complexity index is 268. The first-order valence-corrected chi connectivity index (χ1v) is 4.45. The van der Waals surface area contributed by atoms with Crippen LogP contribution in [0, 0.1) is 5.92 Å². The highest BCUT2D eigenvalue weighted by molar-refractivity contribution is 6.19. The lowest BCUT2D eigenvalue weighted by Crippen LogP contribution is -2.29. The number of primary amides is 1. The number of nitrogens with two attached hydrogens (primary N) is 3. The quantitative estimate of drug-likeness (QED) is 0.328. The SMILES string of the molecule is CC(C)[C@H](C)N=C(N)C(=CN)C(N)=O. The van der Waals surface area contributed by atoms with Crippen molar-refractivity contribution in [3.05, 3.63) is 11.8 Å². The van der Waals surface area contributed by atoms with Crippen LogP contribution in [0.3, 0.4) is 0 Å². The van der Waals surface area contributed by atoms with Gasteiger partial charge in [0.15, 0.2) is 0 Å². The monoisotopic (exact) mass is 198 g/mol. The van der Waals surface area contributed by atoms with E-state index in [1.807, 2.05) is 20.8 Å². The lowest BCUT2D eigenvalue weighted by atomic mass is 10.1. The first-order valence-electron chi connectivity index (χ1n) is 4.45. The van der Waals surface area contributed by atoms with E-state index in [9.17, 15) is 4.79 Å². The van der Waals surface area contributed by atoms with Crippen molar-refractivity contribution in [2.24, 2.45) is 28.1 Å². The highest BCUT2D eigenvalue weighted by Gasteiger charge is 2.11. The zero-order valence-electron chi connectivity index (χ0n) is 8.82. The summed E-state index contributed by atoms with van der Waals surface area (Å²) in [5.74, 6) is -0.216. The van der Waals surface area contributed by atoms with Crippen LogP contribution in [0.1, 0.15) is 20.8 Å². The standard InChI is InChI=1S/C9H18N4O/c1-5(2)6(3)13-8(11)7(4-10)9(12)14/h4-6H,10H2,1-3H3,(H2,11,13)(H2,12,14)/t6-/m0/s1. The minimum absolute atomic E-state index is 0.0318. The first-order chi connectivity index (χ1) is 6.40. The lowest BCUT2D eigenvalue weighted by Gasteiger charge is -2.11. The van der Waals surface area contributed by atoms with Gasteiger partial charge >= 0.3 is 0 Å². The van der Waals surface area contributed by atoms with E-state index in [0.717, 1.165) is 6.20 Å². The molecule has 0 bridgehead atoms. The molecule has 1 amide bonds. The second-order valence-electron chi connectivity index (χ2n) is 3.44. The van der Waals surface area contributed by atoms with E-state index in [2.05, 4.69) is 4.99 Å². The van der Waals surface area contributed by atoms with Gasteiger partial charge in [-0.2, -0.15) is 0 Å².